The fraction of sp³-hybridized carbons (Fsp3) is 0.357. The molecular formula is C28H32N6O2S. The summed E-state index contributed by atoms with van der Waals surface area (Å²) >= 11 is 0. The van der Waals surface area contributed by atoms with Gasteiger partial charge in [0.1, 0.15) is 17.8 Å². The Morgan fingerprint density at radius 1 is 0.865 bits per heavy atom. The summed E-state index contributed by atoms with van der Waals surface area (Å²) in [5, 5.41) is 0.974. The Labute approximate surface area is 218 Å². The van der Waals surface area contributed by atoms with Gasteiger partial charge in [-0.2, -0.15) is 17.0 Å². The van der Waals surface area contributed by atoms with Crippen LogP contribution in [0.25, 0.3) is 11.0 Å². The lowest BCUT2D eigenvalue weighted by atomic mass is 10.1. The number of hydrogen-bond donors (Lipinski definition) is 1. The fourth-order valence-electron chi connectivity index (χ4n) is 5.44. The van der Waals surface area contributed by atoms with Crippen molar-refractivity contribution in [1.82, 2.24) is 23.6 Å². The van der Waals surface area contributed by atoms with Gasteiger partial charge in [-0.1, -0.05) is 60.7 Å². The van der Waals surface area contributed by atoms with Gasteiger partial charge < -0.3 is 9.88 Å². The van der Waals surface area contributed by atoms with E-state index in [1.54, 1.807) is 14.9 Å². The maximum atomic E-state index is 14.2. The normalized spacial score (nSPS) is 17.6. The van der Waals surface area contributed by atoms with Gasteiger partial charge in [-0.25, -0.2) is 9.97 Å². The lowest BCUT2D eigenvalue weighted by molar-refractivity contribution is 0.245. The van der Waals surface area contributed by atoms with E-state index in [0.717, 1.165) is 40.8 Å². The molecule has 6 rings (SSSR count). The van der Waals surface area contributed by atoms with Gasteiger partial charge in [0, 0.05) is 38.9 Å². The van der Waals surface area contributed by atoms with Crippen molar-refractivity contribution in [2.75, 3.05) is 37.6 Å². The summed E-state index contributed by atoms with van der Waals surface area (Å²) in [6.07, 6.45) is 6.56. The topological polar surface area (TPSA) is 85.4 Å². The van der Waals surface area contributed by atoms with Crippen molar-refractivity contribution in [3.8, 4) is 0 Å². The van der Waals surface area contributed by atoms with Crippen molar-refractivity contribution < 1.29 is 8.42 Å². The van der Waals surface area contributed by atoms with Crippen LogP contribution in [0.3, 0.4) is 0 Å². The molecule has 1 saturated heterocycles. The van der Waals surface area contributed by atoms with Gasteiger partial charge in [-0.3, -0.25) is 0 Å². The van der Waals surface area contributed by atoms with Gasteiger partial charge in [0.2, 0.25) is 0 Å². The van der Waals surface area contributed by atoms with Gasteiger partial charge >= 0.3 is 0 Å². The summed E-state index contributed by atoms with van der Waals surface area (Å²) < 4.78 is 31.9. The van der Waals surface area contributed by atoms with Crippen molar-refractivity contribution >= 4 is 27.1 Å². The number of fused-ring (bicyclic) bond motifs is 1. The number of aromatic amines is 1. The Hall–Kier alpha value is -3.27. The number of H-pyrrole nitrogens is 1. The molecule has 192 valence electrons. The van der Waals surface area contributed by atoms with Gasteiger partial charge in [0.15, 0.2) is 0 Å². The second kappa shape index (κ2) is 9.89. The van der Waals surface area contributed by atoms with Gasteiger partial charge in [-0.05, 0) is 42.9 Å². The molecule has 37 heavy (non-hydrogen) atoms. The summed E-state index contributed by atoms with van der Waals surface area (Å²) in [6, 6.07) is 22.2. The molecule has 0 bridgehead atoms. The molecule has 4 aromatic rings. The molecule has 8 nitrogen and oxygen atoms in total. The zero-order valence-electron chi connectivity index (χ0n) is 20.8. The highest BCUT2D eigenvalue weighted by molar-refractivity contribution is 7.86. The van der Waals surface area contributed by atoms with E-state index in [1.165, 1.54) is 0 Å². The SMILES string of the molecule is O=S(=O)(N(CCc1ccccc1)CCc1ccccc1)N1CCN(c2ncnc3[nH]ccc23)CC12CC2. The molecule has 3 heterocycles. The molecule has 0 radical (unpaired) electrons. The molecule has 2 fully saturated rings. The third-order valence-corrected chi connectivity index (χ3v) is 9.78. The number of rotatable bonds is 9. The second-order valence-corrected chi connectivity index (χ2v) is 11.9. The van der Waals surface area contributed by atoms with Crippen molar-refractivity contribution in [3.63, 3.8) is 0 Å². The zero-order chi connectivity index (χ0) is 25.3. The molecule has 0 amide bonds. The summed E-state index contributed by atoms with van der Waals surface area (Å²) in [5.41, 5.74) is 2.72. The largest absolute Gasteiger partial charge is 0.353 e. The highest BCUT2D eigenvalue weighted by atomic mass is 32.2. The van der Waals surface area contributed by atoms with Crippen LogP contribution in [0.4, 0.5) is 5.82 Å². The predicted octanol–water partition coefficient (Wildman–Crippen LogP) is 3.64. The van der Waals surface area contributed by atoms with Crippen LogP contribution >= 0.6 is 0 Å². The number of anilines is 1. The zero-order valence-corrected chi connectivity index (χ0v) is 21.6. The van der Waals surface area contributed by atoms with E-state index in [9.17, 15) is 8.42 Å². The number of nitrogens with zero attached hydrogens (tertiary/aromatic N) is 5. The number of piperazine rings is 1. The average molecular weight is 517 g/mol. The summed E-state index contributed by atoms with van der Waals surface area (Å²) in [6.45, 7) is 2.63. The highest BCUT2D eigenvalue weighted by Gasteiger charge is 2.57. The van der Waals surface area contributed by atoms with Crippen LogP contribution in [0.5, 0.6) is 0 Å². The molecule has 0 unspecified atom stereocenters. The first-order chi connectivity index (χ1) is 18.1. The molecule has 2 aromatic heterocycles. The Morgan fingerprint density at radius 3 is 2.14 bits per heavy atom. The minimum Gasteiger partial charge on any atom is -0.353 e. The molecule has 2 aliphatic rings. The van der Waals surface area contributed by atoms with E-state index in [0.29, 0.717) is 45.6 Å². The van der Waals surface area contributed by atoms with Gasteiger partial charge in [0.05, 0.1) is 10.9 Å². The van der Waals surface area contributed by atoms with E-state index < -0.39 is 10.2 Å². The Morgan fingerprint density at radius 2 is 1.51 bits per heavy atom. The monoisotopic (exact) mass is 516 g/mol. The van der Waals surface area contributed by atoms with Gasteiger partial charge in [-0.15, -0.1) is 0 Å². The molecule has 2 aromatic carbocycles. The standard InChI is InChI=1S/C28H32N6O2S/c35-37(36,33(17-12-23-7-3-1-4-8-23)18-13-24-9-5-2-6-10-24)34-20-19-32(21-28(34)14-15-28)27-25-11-16-29-26(25)30-22-31-27/h1-11,16,22H,12-15,17-21H2,(H,29,30,31). The third kappa shape index (κ3) is 4.86. The maximum Gasteiger partial charge on any atom is 0.282 e. The highest BCUT2D eigenvalue weighted by Crippen LogP contribution is 2.47. The minimum atomic E-state index is -3.65. The van der Waals surface area contributed by atoms with E-state index >= 15 is 0 Å². The second-order valence-electron chi connectivity index (χ2n) is 10.0. The first-order valence-corrected chi connectivity index (χ1v) is 14.3. The minimum absolute atomic E-state index is 0.373. The molecule has 1 aliphatic heterocycles. The van der Waals surface area contributed by atoms with Crippen LogP contribution in [0.2, 0.25) is 0 Å². The number of hydrogen-bond acceptors (Lipinski definition) is 5. The molecular weight excluding hydrogens is 484 g/mol. The maximum absolute atomic E-state index is 14.2. The average Bonchev–Trinajstić information content (AvgIpc) is 3.49. The molecule has 1 saturated carbocycles. The van der Waals surface area contributed by atoms with Crippen LogP contribution in [-0.4, -0.2) is 70.2 Å². The summed E-state index contributed by atoms with van der Waals surface area (Å²) in [5.74, 6) is 0.875. The lowest BCUT2D eigenvalue weighted by Crippen LogP contribution is -2.60. The fourth-order valence-corrected chi connectivity index (χ4v) is 7.41. The van der Waals surface area contributed by atoms with E-state index in [2.05, 4.69) is 44.1 Å². The third-order valence-electron chi connectivity index (χ3n) is 7.64. The summed E-state index contributed by atoms with van der Waals surface area (Å²) in [4.78, 5) is 14.3. The van der Waals surface area contributed by atoms with Crippen LogP contribution in [-0.2, 0) is 23.1 Å². The molecule has 0 atom stereocenters. The quantitative estimate of drug-likeness (QED) is 0.367. The van der Waals surface area contributed by atoms with E-state index in [-0.39, 0.29) is 5.54 Å². The van der Waals surface area contributed by atoms with Crippen LogP contribution < -0.4 is 4.90 Å². The van der Waals surface area contributed by atoms with Crippen molar-refractivity contribution in [2.24, 2.45) is 0 Å². The number of aromatic nitrogens is 3. The van der Waals surface area contributed by atoms with Crippen molar-refractivity contribution in [3.05, 3.63) is 90.4 Å². The Balaban J connectivity index is 1.23. The van der Waals surface area contributed by atoms with E-state index in [1.807, 2.05) is 48.7 Å². The van der Waals surface area contributed by atoms with Crippen molar-refractivity contribution in [2.45, 2.75) is 31.2 Å². The van der Waals surface area contributed by atoms with Crippen molar-refractivity contribution in [1.29, 1.82) is 0 Å². The first-order valence-electron chi connectivity index (χ1n) is 12.9. The Kier molecular flexibility index (Phi) is 6.44. The van der Waals surface area contributed by atoms with Gasteiger partial charge in [0.25, 0.3) is 10.2 Å². The first kappa shape index (κ1) is 24.1. The lowest BCUT2D eigenvalue weighted by Gasteiger charge is -2.43. The number of nitrogens with one attached hydrogen (secondary N) is 1. The molecule has 1 N–H and O–H groups in total. The van der Waals surface area contributed by atoms with Crippen LogP contribution in [0.1, 0.15) is 24.0 Å². The number of benzene rings is 2. The smallest absolute Gasteiger partial charge is 0.282 e. The van der Waals surface area contributed by atoms with Crippen LogP contribution in [0, 0.1) is 0 Å². The predicted molar refractivity (Wildman–Crippen MR) is 146 cm³/mol. The Bertz CT molecular complexity index is 1410. The van der Waals surface area contributed by atoms with E-state index in [4.69, 9.17) is 0 Å². The van der Waals surface area contributed by atoms with Crippen LogP contribution in [0.15, 0.2) is 79.3 Å². The summed E-state index contributed by atoms with van der Waals surface area (Å²) in [7, 11) is -3.65. The molecule has 1 aliphatic carbocycles. The molecule has 9 heteroatoms. The molecule has 1 spiro atoms.